The molecule has 0 radical (unpaired) electrons. The molecule has 0 unspecified atom stereocenters. The van der Waals surface area contributed by atoms with Crippen molar-refractivity contribution in [1.82, 2.24) is 0 Å². The van der Waals surface area contributed by atoms with Crippen molar-refractivity contribution in [3.05, 3.63) is 0 Å². The van der Waals surface area contributed by atoms with Gasteiger partial charge in [-0.3, -0.25) is 0 Å². The van der Waals surface area contributed by atoms with E-state index in [1.165, 1.54) is 0 Å². The average molecular weight is 132 g/mol. The first-order chi connectivity index (χ1) is 3.06. The van der Waals surface area contributed by atoms with E-state index in [1.54, 1.807) is 6.92 Å². The van der Waals surface area contributed by atoms with Crippen LogP contribution in [0.1, 0.15) is 6.92 Å². The van der Waals surface area contributed by atoms with Gasteiger partial charge in [-0.05, 0) is 6.92 Å². The second kappa shape index (κ2) is 4.53. The molecule has 0 aromatic carbocycles. The molecule has 0 rings (SSSR count). The van der Waals surface area contributed by atoms with Crippen LogP contribution in [0.2, 0.25) is 0 Å². The molecule has 0 atom stereocenters. The van der Waals surface area contributed by atoms with Gasteiger partial charge in [-0.2, -0.15) is 0 Å². The molecule has 0 aliphatic carbocycles. The third-order valence-electron chi connectivity index (χ3n) is 0.338. The zero-order valence-electron chi connectivity index (χ0n) is 3.96. The summed E-state index contributed by atoms with van der Waals surface area (Å²) in [4.78, 5) is 24.1. The fraction of sp³-hybridized carbons (Fsp3) is 1.00. The van der Waals surface area contributed by atoms with E-state index in [2.05, 4.69) is 4.43 Å². The quantitative estimate of drug-likeness (QED) is 0.372. The van der Waals surface area contributed by atoms with Gasteiger partial charge in [0.25, 0.3) is 0 Å². The normalized spacial score (nSPS) is 10.5. The molecule has 0 saturated carbocycles. The molecular weight excluding hydrogens is 123 g/mol. The molecule has 8 heavy (non-hydrogen) atoms. The SMILES string of the molecule is CCO[Si](O)(O)O.[LiH]. The Bertz CT molecular complexity index is 52.5. The molecule has 0 spiro atoms. The summed E-state index contributed by atoms with van der Waals surface area (Å²) >= 11 is 0. The van der Waals surface area contributed by atoms with Crippen LogP contribution in [-0.4, -0.2) is 48.9 Å². The van der Waals surface area contributed by atoms with Crippen molar-refractivity contribution < 1.29 is 18.8 Å². The third-order valence-corrected chi connectivity index (χ3v) is 1.01. The average Bonchev–Trinajstić information content (AvgIpc) is 1.30. The molecule has 0 fully saturated rings. The second-order valence-corrected chi connectivity index (χ2v) is 2.44. The van der Waals surface area contributed by atoms with E-state index in [9.17, 15) is 0 Å². The first kappa shape index (κ1) is 11.5. The number of hydrogen-bond acceptors (Lipinski definition) is 4. The fourth-order valence-electron chi connectivity index (χ4n) is 0.194. The van der Waals surface area contributed by atoms with E-state index in [1.807, 2.05) is 0 Å². The summed E-state index contributed by atoms with van der Waals surface area (Å²) in [5, 5.41) is 0. The molecule has 0 aromatic heterocycles. The maximum atomic E-state index is 8.05. The van der Waals surface area contributed by atoms with Gasteiger partial charge < -0.3 is 18.8 Å². The van der Waals surface area contributed by atoms with E-state index in [0.717, 1.165) is 0 Å². The van der Waals surface area contributed by atoms with Crippen LogP contribution in [0, 0.1) is 0 Å². The molecule has 3 N–H and O–H groups in total. The Hall–Kier alpha value is 0.654. The van der Waals surface area contributed by atoms with Gasteiger partial charge in [0.2, 0.25) is 0 Å². The van der Waals surface area contributed by atoms with Crippen LogP contribution < -0.4 is 0 Å². The summed E-state index contributed by atoms with van der Waals surface area (Å²) in [6, 6.07) is 0. The molecule has 0 heterocycles. The van der Waals surface area contributed by atoms with Crippen molar-refractivity contribution in [2.45, 2.75) is 6.92 Å². The van der Waals surface area contributed by atoms with Crippen LogP contribution >= 0.6 is 0 Å². The minimum absolute atomic E-state index is 0. The predicted molar refractivity (Wildman–Crippen MR) is 31.2 cm³/mol. The van der Waals surface area contributed by atoms with Gasteiger partial charge in [0.15, 0.2) is 0 Å². The van der Waals surface area contributed by atoms with Gasteiger partial charge in [0.1, 0.15) is 0 Å². The molecule has 0 saturated heterocycles. The van der Waals surface area contributed by atoms with Crippen molar-refractivity contribution in [2.24, 2.45) is 0 Å². The van der Waals surface area contributed by atoms with Crippen molar-refractivity contribution in [3.63, 3.8) is 0 Å². The van der Waals surface area contributed by atoms with Crippen LogP contribution in [0.15, 0.2) is 0 Å². The first-order valence-corrected chi connectivity index (χ1v) is 3.62. The Morgan fingerprint density at radius 3 is 1.75 bits per heavy atom. The number of hydrogen-bond donors (Lipinski definition) is 3. The zero-order valence-corrected chi connectivity index (χ0v) is 4.96. The Labute approximate surface area is 60.8 Å². The molecule has 46 valence electrons. The monoisotopic (exact) mass is 132 g/mol. The Morgan fingerprint density at radius 2 is 1.75 bits per heavy atom. The van der Waals surface area contributed by atoms with Gasteiger partial charge in [0.05, 0.1) is 0 Å². The van der Waals surface area contributed by atoms with Crippen LogP contribution in [-0.2, 0) is 4.43 Å². The van der Waals surface area contributed by atoms with E-state index >= 15 is 0 Å². The predicted octanol–water partition coefficient (Wildman–Crippen LogP) is -2.21. The van der Waals surface area contributed by atoms with E-state index in [0.29, 0.717) is 0 Å². The van der Waals surface area contributed by atoms with E-state index in [4.69, 9.17) is 14.4 Å². The molecule has 0 aromatic rings. The zero-order chi connectivity index (χ0) is 5.91. The minimum atomic E-state index is -4.16. The van der Waals surface area contributed by atoms with E-state index in [-0.39, 0.29) is 25.5 Å². The van der Waals surface area contributed by atoms with Crippen LogP contribution in [0.3, 0.4) is 0 Å². The first-order valence-electron chi connectivity index (χ1n) is 1.87. The molecule has 4 nitrogen and oxygen atoms in total. The van der Waals surface area contributed by atoms with Gasteiger partial charge in [-0.25, -0.2) is 0 Å². The topological polar surface area (TPSA) is 69.9 Å². The van der Waals surface area contributed by atoms with Gasteiger partial charge in [-0.15, -0.1) is 0 Å². The van der Waals surface area contributed by atoms with Crippen LogP contribution in [0.5, 0.6) is 0 Å². The van der Waals surface area contributed by atoms with Gasteiger partial charge in [0, 0.05) is 6.61 Å². The van der Waals surface area contributed by atoms with Crippen molar-refractivity contribution in [3.8, 4) is 0 Å². The van der Waals surface area contributed by atoms with Crippen molar-refractivity contribution in [1.29, 1.82) is 0 Å². The molecule has 0 aliphatic heterocycles. The molecular formula is C2H9LiO4Si. The Balaban J connectivity index is 0. The summed E-state index contributed by atoms with van der Waals surface area (Å²) in [6.45, 7) is 1.68. The van der Waals surface area contributed by atoms with Crippen molar-refractivity contribution >= 4 is 27.9 Å². The summed E-state index contributed by atoms with van der Waals surface area (Å²) in [6.07, 6.45) is 0. The standard InChI is InChI=1S/C2H8O4Si.Li.H/c1-2-6-7(3,4)5;;/h3-5H,2H2,1H3;;. The molecule has 0 aliphatic rings. The summed E-state index contributed by atoms with van der Waals surface area (Å²) in [5.41, 5.74) is 0. The summed E-state index contributed by atoms with van der Waals surface area (Å²) in [7, 11) is -4.16. The summed E-state index contributed by atoms with van der Waals surface area (Å²) in [5.74, 6) is 0. The molecule has 6 heteroatoms. The van der Waals surface area contributed by atoms with E-state index < -0.39 is 9.05 Å². The van der Waals surface area contributed by atoms with Crippen molar-refractivity contribution in [2.75, 3.05) is 6.61 Å². The summed E-state index contributed by atoms with van der Waals surface area (Å²) < 4.78 is 4.03. The number of rotatable bonds is 2. The van der Waals surface area contributed by atoms with Gasteiger partial charge >= 0.3 is 27.9 Å². The van der Waals surface area contributed by atoms with Crippen LogP contribution in [0.4, 0.5) is 0 Å². The Kier molecular flexibility index (Phi) is 6.48. The van der Waals surface area contributed by atoms with Crippen LogP contribution in [0.25, 0.3) is 0 Å². The molecule has 0 bridgehead atoms. The Morgan fingerprint density at radius 1 is 1.38 bits per heavy atom. The third kappa shape index (κ3) is 9.82. The fourth-order valence-corrected chi connectivity index (χ4v) is 0.581. The molecule has 0 amide bonds. The van der Waals surface area contributed by atoms with Gasteiger partial charge in [-0.1, -0.05) is 0 Å². The maximum absolute atomic E-state index is 8.05. The second-order valence-electron chi connectivity index (χ2n) is 1.01.